The maximum absolute atomic E-state index is 4.20. The third-order valence-electron chi connectivity index (χ3n) is 5.44. The molecule has 1 nitrogen and oxygen atoms in total. The fourth-order valence-corrected chi connectivity index (χ4v) is 5.36. The molecule has 0 N–H and O–H groups in total. The number of allylic oxidation sites excluding steroid dienone is 1. The Kier molecular flexibility index (Phi) is 18.6. The van der Waals surface area contributed by atoms with Crippen LogP contribution in [-0.2, 0) is 0 Å². The van der Waals surface area contributed by atoms with Gasteiger partial charge in [0.15, 0.2) is 0 Å². The van der Waals surface area contributed by atoms with Crippen LogP contribution in [0.25, 0.3) is 0 Å². The van der Waals surface area contributed by atoms with Crippen molar-refractivity contribution in [1.82, 2.24) is 4.57 Å². The average molecular weight is 368 g/mol. The SMILES string of the molecule is C=C(C)C(CCCCCCCCCCCCCCCCC)[SiH2]N(C)C. The molecule has 0 saturated heterocycles. The van der Waals surface area contributed by atoms with Crippen molar-refractivity contribution in [1.29, 1.82) is 0 Å². The minimum Gasteiger partial charge on any atom is -0.334 e. The molecular weight excluding hydrogens is 318 g/mol. The predicted octanol–water partition coefficient (Wildman–Crippen LogP) is 7.26. The Balaban J connectivity index is 3.26. The highest BCUT2D eigenvalue weighted by Gasteiger charge is 2.11. The van der Waals surface area contributed by atoms with Crippen LogP contribution in [0.4, 0.5) is 0 Å². The number of nitrogens with zero attached hydrogens (tertiary/aromatic N) is 1. The third kappa shape index (κ3) is 18.5. The lowest BCUT2D eigenvalue weighted by molar-refractivity contribution is 0.528. The molecule has 0 spiro atoms. The molecule has 0 heterocycles. The molecule has 0 fully saturated rings. The maximum atomic E-state index is 4.20. The van der Waals surface area contributed by atoms with Crippen molar-refractivity contribution in [2.45, 2.75) is 122 Å². The van der Waals surface area contributed by atoms with Crippen LogP contribution in [0, 0.1) is 0 Å². The average Bonchev–Trinajstić information content (AvgIpc) is 2.56. The molecule has 0 aliphatic carbocycles. The van der Waals surface area contributed by atoms with Crippen molar-refractivity contribution < 1.29 is 0 Å². The van der Waals surface area contributed by atoms with E-state index in [9.17, 15) is 0 Å². The molecule has 0 bridgehead atoms. The van der Waals surface area contributed by atoms with Gasteiger partial charge in [-0.1, -0.05) is 109 Å². The summed E-state index contributed by atoms with van der Waals surface area (Å²) in [6.45, 7) is 8.73. The van der Waals surface area contributed by atoms with Crippen molar-refractivity contribution in [3.8, 4) is 0 Å². The minimum absolute atomic E-state index is 0.118. The number of hydrogen-bond acceptors (Lipinski definition) is 1. The second kappa shape index (κ2) is 18.7. The highest BCUT2D eigenvalue weighted by molar-refractivity contribution is 6.35. The molecule has 150 valence electrons. The first-order valence-corrected chi connectivity index (χ1v) is 12.8. The van der Waals surface area contributed by atoms with Crippen LogP contribution in [0.2, 0.25) is 5.54 Å². The van der Waals surface area contributed by atoms with Gasteiger partial charge in [0.25, 0.3) is 0 Å². The number of rotatable bonds is 19. The monoisotopic (exact) mass is 367 g/mol. The summed E-state index contributed by atoms with van der Waals surface area (Å²) in [7, 11) is 4.34. The van der Waals surface area contributed by atoms with E-state index >= 15 is 0 Å². The van der Waals surface area contributed by atoms with Crippen molar-refractivity contribution in [3.63, 3.8) is 0 Å². The third-order valence-corrected chi connectivity index (χ3v) is 7.71. The van der Waals surface area contributed by atoms with E-state index in [0.29, 0.717) is 0 Å². The van der Waals surface area contributed by atoms with Gasteiger partial charge in [-0.25, -0.2) is 0 Å². The first kappa shape index (κ1) is 24.9. The Labute approximate surface area is 162 Å². The summed E-state index contributed by atoms with van der Waals surface area (Å²) in [5.41, 5.74) is 2.25. The van der Waals surface area contributed by atoms with Crippen LogP contribution in [0.3, 0.4) is 0 Å². The molecule has 0 aliphatic heterocycles. The molecule has 0 radical (unpaired) electrons. The zero-order valence-electron chi connectivity index (χ0n) is 18.3. The highest BCUT2D eigenvalue weighted by Crippen LogP contribution is 2.23. The first-order valence-electron chi connectivity index (χ1n) is 11.4. The summed E-state index contributed by atoms with van der Waals surface area (Å²) in [5.74, 6) is 0. The Hall–Kier alpha value is -0.0831. The topological polar surface area (TPSA) is 3.24 Å². The van der Waals surface area contributed by atoms with Gasteiger partial charge >= 0.3 is 0 Å². The molecule has 0 aromatic carbocycles. The predicted molar refractivity (Wildman–Crippen MR) is 120 cm³/mol. The van der Waals surface area contributed by atoms with Crippen molar-refractivity contribution in [2.75, 3.05) is 14.1 Å². The lowest BCUT2D eigenvalue weighted by Crippen LogP contribution is -2.23. The van der Waals surface area contributed by atoms with Gasteiger partial charge in [-0.3, -0.25) is 0 Å². The summed E-state index contributed by atoms with van der Waals surface area (Å²) in [6, 6.07) is 0. The van der Waals surface area contributed by atoms with Crippen molar-refractivity contribution in [3.05, 3.63) is 12.2 Å². The smallest absolute Gasteiger partial charge is 0.101 e. The Bertz CT molecular complexity index is 288. The van der Waals surface area contributed by atoms with Gasteiger partial charge in [0.1, 0.15) is 9.68 Å². The maximum Gasteiger partial charge on any atom is 0.101 e. The van der Waals surface area contributed by atoms with Gasteiger partial charge < -0.3 is 4.57 Å². The Morgan fingerprint density at radius 2 is 1.08 bits per heavy atom. The van der Waals surface area contributed by atoms with Gasteiger partial charge in [-0.15, -0.1) is 6.58 Å². The van der Waals surface area contributed by atoms with Crippen molar-refractivity contribution in [2.24, 2.45) is 0 Å². The molecular formula is C23H49NSi. The molecule has 0 aliphatic rings. The fourth-order valence-electron chi connectivity index (χ4n) is 3.70. The molecule has 0 saturated carbocycles. The second-order valence-electron chi connectivity index (χ2n) is 8.54. The standard InChI is InChI=1S/C23H49NSi/c1-6-7-8-9-10-11-12-13-14-15-16-17-18-19-20-21-23(22(2)3)25-24(4)5/h23H,2,6-21,25H2,1,3-5H3. The largest absolute Gasteiger partial charge is 0.334 e. The van der Waals surface area contributed by atoms with Crippen LogP contribution in [0.1, 0.15) is 117 Å². The molecule has 25 heavy (non-hydrogen) atoms. The first-order chi connectivity index (χ1) is 12.1. The lowest BCUT2D eigenvalue weighted by Gasteiger charge is -2.20. The van der Waals surface area contributed by atoms with E-state index in [4.69, 9.17) is 0 Å². The van der Waals surface area contributed by atoms with Crippen LogP contribution in [-0.4, -0.2) is 28.3 Å². The Morgan fingerprint density at radius 1 is 0.720 bits per heavy atom. The quantitative estimate of drug-likeness (QED) is 0.132. The van der Waals surface area contributed by atoms with Crippen molar-refractivity contribution >= 4 is 9.68 Å². The molecule has 0 aromatic heterocycles. The minimum atomic E-state index is -0.118. The van der Waals surface area contributed by atoms with Gasteiger partial charge in [0.05, 0.1) is 0 Å². The van der Waals surface area contributed by atoms with Gasteiger partial charge in [-0.2, -0.15) is 0 Å². The number of hydrogen-bond donors (Lipinski definition) is 0. The van der Waals surface area contributed by atoms with Crippen LogP contribution in [0.15, 0.2) is 12.2 Å². The molecule has 0 rings (SSSR count). The van der Waals surface area contributed by atoms with Crippen LogP contribution >= 0.6 is 0 Å². The normalized spacial score (nSPS) is 13.2. The van der Waals surface area contributed by atoms with E-state index in [1.165, 1.54) is 108 Å². The van der Waals surface area contributed by atoms with E-state index in [0.717, 1.165) is 5.54 Å². The summed E-state index contributed by atoms with van der Waals surface area (Å²) in [4.78, 5) is 0. The number of unbranched alkanes of at least 4 members (excludes halogenated alkanes) is 14. The molecule has 0 aromatic rings. The van der Waals surface area contributed by atoms with E-state index in [-0.39, 0.29) is 9.68 Å². The highest BCUT2D eigenvalue weighted by atomic mass is 28.2. The summed E-state index contributed by atoms with van der Waals surface area (Å²) >= 11 is 0. The van der Waals surface area contributed by atoms with Gasteiger partial charge in [0.2, 0.25) is 0 Å². The van der Waals surface area contributed by atoms with E-state index in [1.54, 1.807) is 0 Å². The fraction of sp³-hybridized carbons (Fsp3) is 0.913. The van der Waals surface area contributed by atoms with Gasteiger partial charge in [0, 0.05) is 0 Å². The van der Waals surface area contributed by atoms with Crippen LogP contribution < -0.4 is 0 Å². The zero-order chi connectivity index (χ0) is 18.8. The molecule has 1 atom stereocenters. The molecule has 1 unspecified atom stereocenters. The zero-order valence-corrected chi connectivity index (χ0v) is 19.7. The van der Waals surface area contributed by atoms with Crippen LogP contribution in [0.5, 0.6) is 0 Å². The second-order valence-corrected chi connectivity index (χ2v) is 11.2. The van der Waals surface area contributed by atoms with Gasteiger partial charge in [-0.05, 0) is 33.0 Å². The Morgan fingerprint density at radius 3 is 1.40 bits per heavy atom. The molecule has 0 amide bonds. The van der Waals surface area contributed by atoms with E-state index in [1.807, 2.05) is 0 Å². The summed E-state index contributed by atoms with van der Waals surface area (Å²) < 4.78 is 2.44. The molecule has 2 heteroatoms. The van der Waals surface area contributed by atoms with E-state index < -0.39 is 0 Å². The lowest BCUT2D eigenvalue weighted by atomic mass is 10.0. The van der Waals surface area contributed by atoms with E-state index in [2.05, 4.69) is 39.1 Å². The summed E-state index contributed by atoms with van der Waals surface area (Å²) in [5, 5.41) is 0. The summed E-state index contributed by atoms with van der Waals surface area (Å²) in [6.07, 6.45) is 23.2.